The Labute approximate surface area is 325 Å². The maximum absolute atomic E-state index is 14.0. The van der Waals surface area contributed by atoms with Gasteiger partial charge in [0.2, 0.25) is 0 Å². The highest BCUT2D eigenvalue weighted by Gasteiger charge is 2.32. The number of rotatable bonds is 15. The van der Waals surface area contributed by atoms with Crippen LogP contribution in [0.3, 0.4) is 0 Å². The fourth-order valence-corrected chi connectivity index (χ4v) is 7.46. The molecule has 1 aliphatic carbocycles. The molecule has 9 heteroatoms. The quantitative estimate of drug-likeness (QED) is 0.102. The highest BCUT2D eigenvalue weighted by Crippen LogP contribution is 2.40. The molecular formula is C46H55NO8. The Morgan fingerprint density at radius 2 is 0.927 bits per heavy atom. The Morgan fingerprint density at radius 3 is 1.25 bits per heavy atom. The summed E-state index contributed by atoms with van der Waals surface area (Å²) in [5, 5.41) is 12.5. The van der Waals surface area contributed by atoms with Crippen LogP contribution >= 0.6 is 0 Å². The minimum absolute atomic E-state index is 0.210. The highest BCUT2D eigenvalue weighted by molar-refractivity contribution is 5.90. The summed E-state index contributed by atoms with van der Waals surface area (Å²) < 4.78 is 32.3. The molecule has 55 heavy (non-hydrogen) atoms. The van der Waals surface area contributed by atoms with Crippen LogP contribution in [0.5, 0.6) is 23.0 Å². The van der Waals surface area contributed by atoms with Gasteiger partial charge >= 0.3 is 11.9 Å². The summed E-state index contributed by atoms with van der Waals surface area (Å²) in [7, 11) is 0. The molecule has 0 unspecified atom stereocenters. The Kier molecular flexibility index (Phi) is 13.7. The number of carbonyl (C=O) groups is 2. The zero-order valence-corrected chi connectivity index (χ0v) is 32.7. The molecule has 292 valence electrons. The van der Waals surface area contributed by atoms with Gasteiger partial charge in [-0.15, -0.1) is 0 Å². The second-order valence-corrected chi connectivity index (χ2v) is 14.5. The van der Waals surface area contributed by atoms with Crippen LogP contribution in [0.25, 0.3) is 0 Å². The molecule has 6 rings (SSSR count). The molecule has 0 spiro atoms. The molecule has 0 aromatic heterocycles. The van der Waals surface area contributed by atoms with Crippen molar-refractivity contribution >= 4 is 11.9 Å². The SMILES string of the molecule is CCCOc1c2cccc1Cc1cccc(c1OCCC)Cc1cc(C(=O)O[C@H]3CN[C@H](C(=O)O)C3)cc(c1OCCC)Cc1cccc(c1OCCC)C2. The van der Waals surface area contributed by atoms with E-state index in [9.17, 15) is 14.7 Å². The Balaban J connectivity index is 1.55. The zero-order valence-electron chi connectivity index (χ0n) is 32.7. The van der Waals surface area contributed by atoms with Crippen molar-refractivity contribution in [3.63, 3.8) is 0 Å². The van der Waals surface area contributed by atoms with Crippen LogP contribution in [-0.4, -0.2) is 62.2 Å². The predicted octanol–water partition coefficient (Wildman–Crippen LogP) is 8.49. The summed E-state index contributed by atoms with van der Waals surface area (Å²) in [6, 6.07) is 22.0. The van der Waals surface area contributed by atoms with E-state index in [-0.39, 0.29) is 13.0 Å². The first-order chi connectivity index (χ1) is 26.8. The van der Waals surface area contributed by atoms with Crippen molar-refractivity contribution in [2.24, 2.45) is 0 Å². The Hall–Kier alpha value is -5.02. The lowest BCUT2D eigenvalue weighted by Crippen LogP contribution is -2.30. The molecule has 1 fully saturated rings. The van der Waals surface area contributed by atoms with Crippen LogP contribution in [0.1, 0.15) is 115 Å². The largest absolute Gasteiger partial charge is 0.493 e. The molecule has 1 aliphatic heterocycles. The number of hydrogen-bond donors (Lipinski definition) is 2. The maximum Gasteiger partial charge on any atom is 0.338 e. The molecular weight excluding hydrogens is 695 g/mol. The lowest BCUT2D eigenvalue weighted by atomic mass is 9.90. The molecule has 9 nitrogen and oxygen atoms in total. The first-order valence-electron chi connectivity index (χ1n) is 20.0. The van der Waals surface area contributed by atoms with Gasteiger partial charge in [-0.25, -0.2) is 4.79 Å². The number of hydrogen-bond acceptors (Lipinski definition) is 8. The number of carboxylic acids is 1. The standard InChI is InChI=1S/C46H55NO8/c1-5-18-51-41-30-12-9-13-31(41)23-33-15-11-17-35(43(33)53-20-7-3)25-37-27-38(46(50)55-39-28-40(45(48)49)47-29-39)26-36(44(37)54-21-8-4)24-34-16-10-14-32(22-30)42(34)52-19-6-2/h9-17,26-27,39-40,47H,5-8,18-25,28-29H2,1-4H3,(H,48,49)/t39-,40+/m1/s1. The monoisotopic (exact) mass is 749 g/mol. The average molecular weight is 750 g/mol. The summed E-state index contributed by atoms with van der Waals surface area (Å²) in [6.45, 7) is 10.9. The molecule has 4 aromatic carbocycles. The number of para-hydroxylation sites is 3. The van der Waals surface area contributed by atoms with Gasteiger partial charge in [0.1, 0.15) is 35.1 Å². The molecule has 0 amide bonds. The van der Waals surface area contributed by atoms with Crippen molar-refractivity contribution in [2.75, 3.05) is 33.0 Å². The maximum atomic E-state index is 14.0. The third-order valence-corrected chi connectivity index (χ3v) is 10.0. The number of esters is 1. The summed E-state index contributed by atoms with van der Waals surface area (Å²) in [6.07, 6.45) is 5.18. The fraction of sp³-hybridized carbons (Fsp3) is 0.435. The van der Waals surface area contributed by atoms with Gasteiger partial charge in [-0.3, -0.25) is 4.79 Å². The van der Waals surface area contributed by atoms with Crippen LogP contribution in [0.4, 0.5) is 0 Å². The molecule has 0 radical (unpaired) electrons. The molecule has 2 aliphatic rings. The third kappa shape index (κ3) is 9.62. The molecule has 1 saturated heterocycles. The van der Waals surface area contributed by atoms with Crippen molar-refractivity contribution in [3.8, 4) is 23.0 Å². The number of fused-ring (bicyclic) bond motifs is 8. The summed E-state index contributed by atoms with van der Waals surface area (Å²) >= 11 is 0. The number of ether oxygens (including phenoxy) is 5. The average Bonchev–Trinajstić information content (AvgIpc) is 3.65. The van der Waals surface area contributed by atoms with Crippen molar-refractivity contribution in [3.05, 3.63) is 117 Å². The van der Waals surface area contributed by atoms with Gasteiger partial charge in [-0.1, -0.05) is 82.3 Å². The van der Waals surface area contributed by atoms with E-state index in [1.54, 1.807) is 0 Å². The minimum Gasteiger partial charge on any atom is -0.493 e. The lowest BCUT2D eigenvalue weighted by Gasteiger charge is -2.23. The predicted molar refractivity (Wildman–Crippen MR) is 213 cm³/mol. The van der Waals surface area contributed by atoms with E-state index in [2.05, 4.69) is 87.6 Å². The smallest absolute Gasteiger partial charge is 0.338 e. The molecule has 2 atom stereocenters. The van der Waals surface area contributed by atoms with Gasteiger partial charge in [-0.2, -0.15) is 0 Å². The van der Waals surface area contributed by atoms with Crippen molar-refractivity contribution in [1.82, 2.24) is 5.32 Å². The fourth-order valence-electron chi connectivity index (χ4n) is 7.46. The number of benzene rings is 4. The molecule has 1 heterocycles. The first kappa shape index (κ1) is 39.7. The van der Waals surface area contributed by atoms with Crippen molar-refractivity contribution < 1.29 is 38.4 Å². The summed E-state index contributed by atoms with van der Waals surface area (Å²) in [5.41, 5.74) is 8.35. The number of nitrogens with one attached hydrogen (secondary N) is 1. The Morgan fingerprint density at radius 1 is 0.582 bits per heavy atom. The van der Waals surface area contributed by atoms with Gasteiger partial charge in [0.15, 0.2) is 0 Å². The topological polar surface area (TPSA) is 113 Å². The van der Waals surface area contributed by atoms with E-state index < -0.39 is 24.1 Å². The first-order valence-corrected chi connectivity index (χ1v) is 20.0. The van der Waals surface area contributed by atoms with E-state index in [0.717, 1.165) is 93.2 Å². The second-order valence-electron chi connectivity index (χ2n) is 14.5. The summed E-state index contributed by atoms with van der Waals surface area (Å²) in [4.78, 5) is 25.6. The van der Waals surface area contributed by atoms with E-state index in [4.69, 9.17) is 23.7 Å². The van der Waals surface area contributed by atoms with E-state index in [0.29, 0.717) is 57.7 Å². The summed E-state index contributed by atoms with van der Waals surface area (Å²) in [5.74, 6) is 1.85. The number of carbonyl (C=O) groups excluding carboxylic acids is 1. The number of carboxylic acid groups (broad SMARTS) is 1. The number of aliphatic carboxylic acids is 1. The highest BCUT2D eigenvalue weighted by atomic mass is 16.5. The van der Waals surface area contributed by atoms with Crippen LogP contribution in [0.15, 0.2) is 66.7 Å². The van der Waals surface area contributed by atoms with Crippen LogP contribution in [0, 0.1) is 0 Å². The van der Waals surface area contributed by atoms with Crippen LogP contribution in [0.2, 0.25) is 0 Å². The van der Waals surface area contributed by atoms with E-state index >= 15 is 0 Å². The van der Waals surface area contributed by atoms with Gasteiger partial charge in [0, 0.05) is 38.6 Å². The van der Waals surface area contributed by atoms with Gasteiger partial charge in [-0.05, 0) is 82.3 Å². The van der Waals surface area contributed by atoms with Crippen LogP contribution < -0.4 is 24.3 Å². The van der Waals surface area contributed by atoms with E-state index in [1.165, 1.54) is 0 Å². The molecule has 2 N–H and O–H groups in total. The minimum atomic E-state index is -0.955. The van der Waals surface area contributed by atoms with Crippen molar-refractivity contribution in [2.45, 2.75) is 97.6 Å². The van der Waals surface area contributed by atoms with Gasteiger partial charge < -0.3 is 34.1 Å². The Bertz CT molecular complexity index is 1850. The van der Waals surface area contributed by atoms with Gasteiger partial charge in [0.25, 0.3) is 0 Å². The molecule has 8 bridgehead atoms. The zero-order chi connectivity index (χ0) is 38.7. The van der Waals surface area contributed by atoms with Crippen LogP contribution in [-0.2, 0) is 35.2 Å². The van der Waals surface area contributed by atoms with Gasteiger partial charge in [0.05, 0.1) is 32.0 Å². The third-order valence-electron chi connectivity index (χ3n) is 10.0. The lowest BCUT2D eigenvalue weighted by molar-refractivity contribution is -0.139. The molecule has 0 saturated carbocycles. The van der Waals surface area contributed by atoms with E-state index in [1.807, 2.05) is 12.1 Å². The van der Waals surface area contributed by atoms with Crippen molar-refractivity contribution in [1.29, 1.82) is 0 Å². The molecule has 4 aromatic rings. The second kappa shape index (κ2) is 19.0. The normalized spacial score (nSPS) is 16.3.